The molecule has 1 fully saturated rings. The molecular formula is C9H17N5. The molecule has 14 heavy (non-hydrogen) atoms. The highest BCUT2D eigenvalue weighted by Gasteiger charge is 2.51. The monoisotopic (exact) mass is 195 g/mol. The normalized spacial score (nSPS) is 26.1. The fourth-order valence-corrected chi connectivity index (χ4v) is 2.06. The van der Waals surface area contributed by atoms with Crippen LogP contribution in [0.25, 0.3) is 0 Å². The topological polar surface area (TPSA) is 68.8 Å². The van der Waals surface area contributed by atoms with E-state index in [1.807, 2.05) is 7.05 Å². The van der Waals surface area contributed by atoms with Crippen molar-refractivity contribution < 1.29 is 0 Å². The van der Waals surface area contributed by atoms with E-state index < -0.39 is 0 Å². The van der Waals surface area contributed by atoms with Gasteiger partial charge in [-0.05, 0) is 17.8 Å². The van der Waals surface area contributed by atoms with E-state index in [0.29, 0.717) is 11.3 Å². The van der Waals surface area contributed by atoms with Crippen molar-refractivity contribution in [2.75, 3.05) is 0 Å². The summed E-state index contributed by atoms with van der Waals surface area (Å²) in [4.78, 5) is 0. The van der Waals surface area contributed by atoms with Crippen LogP contribution in [0.3, 0.4) is 0 Å². The summed E-state index contributed by atoms with van der Waals surface area (Å²) in [6.45, 7) is 4.51. The molecule has 1 aliphatic rings. The number of hydrogen-bond acceptors (Lipinski definition) is 4. The number of rotatable bonds is 3. The van der Waals surface area contributed by atoms with Crippen LogP contribution in [0.4, 0.5) is 0 Å². The van der Waals surface area contributed by atoms with Crippen molar-refractivity contribution in [1.82, 2.24) is 20.4 Å². The van der Waals surface area contributed by atoms with Crippen molar-refractivity contribution >= 4 is 0 Å². The number of aromatic nitrogens is 3. The van der Waals surface area contributed by atoms with E-state index in [1.165, 1.54) is 6.42 Å². The molecule has 3 N–H and O–H groups in total. The second-order valence-electron chi connectivity index (χ2n) is 4.73. The first-order valence-corrected chi connectivity index (χ1v) is 4.87. The van der Waals surface area contributed by atoms with E-state index in [1.54, 1.807) is 10.9 Å². The molecule has 2 atom stereocenters. The lowest BCUT2D eigenvalue weighted by atomic mass is 10.0. The molecule has 1 heterocycles. The molecular weight excluding hydrogens is 178 g/mol. The van der Waals surface area contributed by atoms with E-state index in [2.05, 4.69) is 29.6 Å². The molecule has 0 radical (unpaired) electrons. The SMILES string of the molecule is Cn1nncc1C(NN)C1CC1(C)C. The highest BCUT2D eigenvalue weighted by atomic mass is 15.4. The minimum absolute atomic E-state index is 0.171. The van der Waals surface area contributed by atoms with E-state index in [-0.39, 0.29) is 6.04 Å². The van der Waals surface area contributed by atoms with E-state index in [0.717, 1.165) is 5.69 Å². The summed E-state index contributed by atoms with van der Waals surface area (Å²) in [5.74, 6) is 6.16. The van der Waals surface area contributed by atoms with Crippen LogP contribution in [0.15, 0.2) is 6.20 Å². The molecule has 0 amide bonds. The number of nitrogens with zero attached hydrogens (tertiary/aromatic N) is 3. The minimum atomic E-state index is 0.171. The molecule has 1 saturated carbocycles. The fourth-order valence-electron chi connectivity index (χ4n) is 2.06. The Morgan fingerprint density at radius 3 is 2.71 bits per heavy atom. The molecule has 78 valence electrons. The Hall–Kier alpha value is -0.940. The van der Waals surface area contributed by atoms with Gasteiger partial charge in [-0.2, -0.15) is 0 Å². The van der Waals surface area contributed by atoms with Crippen LogP contribution in [-0.2, 0) is 7.05 Å². The summed E-state index contributed by atoms with van der Waals surface area (Å²) in [6.07, 6.45) is 2.98. The molecule has 0 aromatic carbocycles. The Labute approximate surface area is 83.6 Å². The average Bonchev–Trinajstić information content (AvgIpc) is 2.55. The van der Waals surface area contributed by atoms with Crippen molar-refractivity contribution in [3.05, 3.63) is 11.9 Å². The van der Waals surface area contributed by atoms with Crippen molar-refractivity contribution in [1.29, 1.82) is 0 Å². The van der Waals surface area contributed by atoms with Gasteiger partial charge in [0.25, 0.3) is 0 Å². The zero-order valence-corrected chi connectivity index (χ0v) is 8.86. The molecule has 0 aliphatic heterocycles. The molecule has 2 rings (SSSR count). The molecule has 0 saturated heterocycles. The van der Waals surface area contributed by atoms with Gasteiger partial charge in [-0.1, -0.05) is 19.1 Å². The van der Waals surface area contributed by atoms with Gasteiger partial charge in [-0.15, -0.1) is 5.10 Å². The van der Waals surface area contributed by atoms with Gasteiger partial charge in [0.2, 0.25) is 0 Å². The fraction of sp³-hybridized carbons (Fsp3) is 0.778. The first-order chi connectivity index (χ1) is 6.56. The molecule has 5 heteroatoms. The lowest BCUT2D eigenvalue weighted by Crippen LogP contribution is -2.32. The molecule has 5 nitrogen and oxygen atoms in total. The maximum Gasteiger partial charge on any atom is 0.0769 e. The van der Waals surface area contributed by atoms with E-state index >= 15 is 0 Å². The first kappa shape index (κ1) is 9.61. The van der Waals surface area contributed by atoms with Crippen molar-refractivity contribution in [2.24, 2.45) is 24.2 Å². The van der Waals surface area contributed by atoms with Crippen molar-refractivity contribution in [3.8, 4) is 0 Å². The van der Waals surface area contributed by atoms with Gasteiger partial charge in [-0.25, -0.2) is 0 Å². The maximum absolute atomic E-state index is 5.58. The molecule has 1 aromatic heterocycles. The Morgan fingerprint density at radius 1 is 1.71 bits per heavy atom. The van der Waals surface area contributed by atoms with Crippen LogP contribution in [0.2, 0.25) is 0 Å². The summed E-state index contributed by atoms with van der Waals surface area (Å²) >= 11 is 0. The lowest BCUT2D eigenvalue weighted by Gasteiger charge is -2.16. The van der Waals surface area contributed by atoms with Crippen LogP contribution in [-0.4, -0.2) is 15.0 Å². The average molecular weight is 195 g/mol. The van der Waals surface area contributed by atoms with Crippen LogP contribution < -0.4 is 11.3 Å². The second kappa shape index (κ2) is 3.03. The number of hydrogen-bond donors (Lipinski definition) is 2. The van der Waals surface area contributed by atoms with Gasteiger partial charge in [0.1, 0.15) is 0 Å². The van der Waals surface area contributed by atoms with E-state index in [9.17, 15) is 0 Å². The third-order valence-corrected chi connectivity index (χ3v) is 3.24. The van der Waals surface area contributed by atoms with Gasteiger partial charge >= 0.3 is 0 Å². The van der Waals surface area contributed by atoms with Crippen LogP contribution in [0, 0.1) is 11.3 Å². The van der Waals surface area contributed by atoms with Gasteiger partial charge in [-0.3, -0.25) is 16.0 Å². The van der Waals surface area contributed by atoms with Crippen molar-refractivity contribution in [2.45, 2.75) is 26.3 Å². The molecule has 2 unspecified atom stereocenters. The van der Waals surface area contributed by atoms with Crippen molar-refractivity contribution in [3.63, 3.8) is 0 Å². The number of aryl methyl sites for hydroxylation is 1. The summed E-state index contributed by atoms with van der Waals surface area (Å²) in [5, 5.41) is 7.78. The van der Waals surface area contributed by atoms with Gasteiger partial charge in [0.05, 0.1) is 17.9 Å². The van der Waals surface area contributed by atoms with Gasteiger partial charge in [0.15, 0.2) is 0 Å². The molecule has 1 aromatic rings. The number of nitrogens with two attached hydrogens (primary N) is 1. The highest BCUT2D eigenvalue weighted by molar-refractivity contribution is 5.12. The largest absolute Gasteiger partial charge is 0.271 e. The summed E-state index contributed by atoms with van der Waals surface area (Å²) in [6, 6.07) is 0.171. The maximum atomic E-state index is 5.58. The van der Waals surface area contributed by atoms with Gasteiger partial charge in [0, 0.05) is 7.05 Å². The first-order valence-electron chi connectivity index (χ1n) is 4.87. The van der Waals surface area contributed by atoms with Gasteiger partial charge < -0.3 is 0 Å². The van der Waals surface area contributed by atoms with Crippen LogP contribution >= 0.6 is 0 Å². The second-order valence-corrected chi connectivity index (χ2v) is 4.73. The number of nitrogens with one attached hydrogen (secondary N) is 1. The quantitative estimate of drug-likeness (QED) is 0.540. The number of hydrazine groups is 1. The summed E-state index contributed by atoms with van der Waals surface area (Å²) < 4.78 is 1.78. The van der Waals surface area contributed by atoms with E-state index in [4.69, 9.17) is 5.84 Å². The Kier molecular flexibility index (Phi) is 2.08. The minimum Gasteiger partial charge on any atom is -0.271 e. The molecule has 0 spiro atoms. The molecule has 1 aliphatic carbocycles. The third-order valence-electron chi connectivity index (χ3n) is 3.24. The Morgan fingerprint density at radius 2 is 2.36 bits per heavy atom. The highest BCUT2D eigenvalue weighted by Crippen LogP contribution is 2.57. The Balaban J connectivity index is 2.20. The van der Waals surface area contributed by atoms with Crippen LogP contribution in [0.5, 0.6) is 0 Å². The smallest absolute Gasteiger partial charge is 0.0769 e. The summed E-state index contributed by atoms with van der Waals surface area (Å²) in [5.41, 5.74) is 4.31. The van der Waals surface area contributed by atoms with Crippen LogP contribution in [0.1, 0.15) is 32.0 Å². The Bertz CT molecular complexity index is 330. The predicted octanol–water partition coefficient (Wildman–Crippen LogP) is 0.366. The lowest BCUT2D eigenvalue weighted by molar-refractivity contribution is 0.402. The zero-order valence-electron chi connectivity index (χ0n) is 8.86. The standard InChI is InChI=1S/C9H17N5/c1-9(2)4-6(9)8(12-10)7-5-11-13-14(7)3/h5-6,8,12H,4,10H2,1-3H3. The molecule has 0 bridgehead atoms. The third kappa shape index (κ3) is 1.42. The predicted molar refractivity (Wildman–Crippen MR) is 53.0 cm³/mol. The zero-order chi connectivity index (χ0) is 10.3. The summed E-state index contributed by atoms with van der Waals surface area (Å²) in [7, 11) is 1.89.